The van der Waals surface area contributed by atoms with E-state index in [4.69, 9.17) is 13.9 Å². The third-order valence-electron chi connectivity index (χ3n) is 5.41. The molecule has 0 aromatic heterocycles. The standard InChI is InChI=1S/C21H34O3Si/c1-15(13-23-14-19-8-10-20(22-5)11-9-19)12-16(2)21-17(3)18(4)25(6,7)24-21/h8-11,15-17,21H,4,12-14H2,1-3,5-7H3/t15-,16+,17+,21-/m1/s1. The second kappa shape index (κ2) is 8.52. The van der Waals surface area contributed by atoms with Crippen molar-refractivity contribution in [1.82, 2.24) is 0 Å². The van der Waals surface area contributed by atoms with Gasteiger partial charge < -0.3 is 13.9 Å². The van der Waals surface area contributed by atoms with Crippen molar-refractivity contribution in [3.05, 3.63) is 41.6 Å². The minimum Gasteiger partial charge on any atom is -0.497 e. The largest absolute Gasteiger partial charge is 0.497 e. The van der Waals surface area contributed by atoms with Crippen molar-refractivity contribution in [3.8, 4) is 5.75 Å². The number of benzene rings is 1. The Balaban J connectivity index is 1.76. The van der Waals surface area contributed by atoms with E-state index in [9.17, 15) is 0 Å². The van der Waals surface area contributed by atoms with Gasteiger partial charge in [0.05, 0.1) is 19.8 Å². The summed E-state index contributed by atoms with van der Waals surface area (Å²) in [5, 5.41) is 1.35. The van der Waals surface area contributed by atoms with Crippen LogP contribution in [0.5, 0.6) is 5.75 Å². The van der Waals surface area contributed by atoms with Crippen LogP contribution >= 0.6 is 0 Å². The summed E-state index contributed by atoms with van der Waals surface area (Å²) in [5.74, 6) is 2.40. The number of methoxy groups -OCH3 is 1. The molecule has 2 rings (SSSR count). The molecule has 0 saturated carbocycles. The Kier molecular flexibility index (Phi) is 6.89. The summed E-state index contributed by atoms with van der Waals surface area (Å²) in [5.41, 5.74) is 1.18. The van der Waals surface area contributed by atoms with Crippen molar-refractivity contribution in [3.63, 3.8) is 0 Å². The van der Waals surface area contributed by atoms with Gasteiger partial charge in [0.2, 0.25) is 8.32 Å². The van der Waals surface area contributed by atoms with E-state index in [0.29, 0.717) is 30.5 Å². The molecule has 1 saturated heterocycles. The summed E-state index contributed by atoms with van der Waals surface area (Å²) in [6, 6.07) is 8.06. The van der Waals surface area contributed by atoms with Crippen LogP contribution < -0.4 is 4.74 Å². The SMILES string of the molecule is C=C1[C@H](C)[C@@H]([C@@H](C)C[C@@H](C)COCc2ccc(OC)cc2)O[Si]1(C)C. The lowest BCUT2D eigenvalue weighted by Gasteiger charge is -2.27. The van der Waals surface area contributed by atoms with Gasteiger partial charge in [-0.3, -0.25) is 0 Å². The maximum atomic E-state index is 6.42. The van der Waals surface area contributed by atoms with Gasteiger partial charge in [0.1, 0.15) is 5.75 Å². The molecule has 1 aliphatic rings. The molecule has 25 heavy (non-hydrogen) atoms. The molecule has 1 fully saturated rings. The monoisotopic (exact) mass is 362 g/mol. The van der Waals surface area contributed by atoms with Crippen LogP contribution in [0, 0.1) is 17.8 Å². The van der Waals surface area contributed by atoms with E-state index in [1.807, 2.05) is 12.1 Å². The third kappa shape index (κ3) is 5.19. The molecule has 3 nitrogen and oxygen atoms in total. The Morgan fingerprint density at radius 3 is 2.36 bits per heavy atom. The van der Waals surface area contributed by atoms with E-state index >= 15 is 0 Å². The Bertz CT molecular complexity index is 567. The number of hydrogen-bond acceptors (Lipinski definition) is 3. The highest BCUT2D eigenvalue weighted by Crippen LogP contribution is 2.40. The predicted molar refractivity (Wildman–Crippen MR) is 106 cm³/mol. The summed E-state index contributed by atoms with van der Waals surface area (Å²) in [7, 11) is -0.0141. The van der Waals surface area contributed by atoms with Crippen LogP contribution in [0.3, 0.4) is 0 Å². The fraction of sp³-hybridized carbons (Fsp3) is 0.619. The van der Waals surface area contributed by atoms with Crippen LogP contribution in [-0.4, -0.2) is 28.1 Å². The number of hydrogen-bond donors (Lipinski definition) is 0. The summed E-state index contributed by atoms with van der Waals surface area (Å²) in [4.78, 5) is 0. The molecule has 0 unspecified atom stereocenters. The molecule has 0 bridgehead atoms. The first-order chi connectivity index (χ1) is 11.7. The summed E-state index contributed by atoms with van der Waals surface area (Å²) in [6.45, 7) is 17.1. The van der Waals surface area contributed by atoms with Crippen LogP contribution in [0.25, 0.3) is 0 Å². The van der Waals surface area contributed by atoms with E-state index in [-0.39, 0.29) is 0 Å². The lowest BCUT2D eigenvalue weighted by atomic mass is 9.87. The fourth-order valence-electron chi connectivity index (χ4n) is 3.81. The molecule has 4 atom stereocenters. The molecule has 0 N–H and O–H groups in total. The summed E-state index contributed by atoms with van der Waals surface area (Å²) < 4.78 is 17.5. The Morgan fingerprint density at radius 2 is 1.84 bits per heavy atom. The lowest BCUT2D eigenvalue weighted by molar-refractivity contribution is 0.0643. The molecule has 0 spiro atoms. The maximum Gasteiger partial charge on any atom is 0.214 e. The summed E-state index contributed by atoms with van der Waals surface area (Å²) in [6.07, 6.45) is 1.44. The van der Waals surface area contributed by atoms with Gasteiger partial charge >= 0.3 is 0 Å². The van der Waals surface area contributed by atoms with Crippen LogP contribution in [0.4, 0.5) is 0 Å². The zero-order valence-electron chi connectivity index (χ0n) is 16.7. The van der Waals surface area contributed by atoms with Gasteiger partial charge in [-0.05, 0) is 49.0 Å². The van der Waals surface area contributed by atoms with E-state index < -0.39 is 8.32 Å². The fourth-order valence-corrected chi connectivity index (χ4v) is 6.34. The van der Waals surface area contributed by atoms with Gasteiger partial charge in [-0.25, -0.2) is 0 Å². The molecule has 1 aliphatic heterocycles. The topological polar surface area (TPSA) is 27.7 Å². The van der Waals surface area contributed by atoms with Crippen LogP contribution in [-0.2, 0) is 15.8 Å². The average molecular weight is 363 g/mol. The van der Waals surface area contributed by atoms with E-state index in [1.165, 1.54) is 10.8 Å². The van der Waals surface area contributed by atoms with E-state index in [1.54, 1.807) is 7.11 Å². The van der Waals surface area contributed by atoms with Crippen LogP contribution in [0.15, 0.2) is 36.0 Å². The Hall–Kier alpha value is -1.10. The van der Waals surface area contributed by atoms with Gasteiger partial charge in [-0.15, -0.1) is 6.58 Å². The molecule has 1 aromatic rings. The van der Waals surface area contributed by atoms with Gasteiger partial charge in [0, 0.05) is 12.5 Å². The number of ether oxygens (including phenoxy) is 2. The quantitative estimate of drug-likeness (QED) is 0.594. The van der Waals surface area contributed by atoms with Gasteiger partial charge in [0.15, 0.2) is 0 Å². The van der Waals surface area contributed by atoms with Crippen molar-refractivity contribution in [1.29, 1.82) is 0 Å². The number of rotatable bonds is 8. The van der Waals surface area contributed by atoms with Gasteiger partial charge in [-0.2, -0.15) is 0 Å². The van der Waals surface area contributed by atoms with Crippen molar-refractivity contribution < 1.29 is 13.9 Å². The van der Waals surface area contributed by atoms with Crippen molar-refractivity contribution >= 4 is 8.32 Å². The van der Waals surface area contributed by atoms with Crippen molar-refractivity contribution in [2.75, 3.05) is 13.7 Å². The first-order valence-corrected chi connectivity index (χ1v) is 12.2. The van der Waals surface area contributed by atoms with Crippen LogP contribution in [0.1, 0.15) is 32.8 Å². The summed E-state index contributed by atoms with van der Waals surface area (Å²) >= 11 is 0. The molecule has 4 heteroatoms. The maximum absolute atomic E-state index is 6.42. The molecular weight excluding hydrogens is 328 g/mol. The highest BCUT2D eigenvalue weighted by molar-refractivity contribution is 6.79. The minimum absolute atomic E-state index is 0.318. The van der Waals surface area contributed by atoms with Crippen molar-refractivity contribution in [2.45, 2.75) is 53.0 Å². The highest BCUT2D eigenvalue weighted by Gasteiger charge is 2.45. The smallest absolute Gasteiger partial charge is 0.214 e. The second-order valence-electron chi connectivity index (χ2n) is 8.09. The molecule has 0 radical (unpaired) electrons. The molecule has 1 aromatic carbocycles. The molecule has 0 aliphatic carbocycles. The van der Waals surface area contributed by atoms with Crippen LogP contribution in [0.2, 0.25) is 13.1 Å². The highest BCUT2D eigenvalue weighted by atomic mass is 28.4. The second-order valence-corrected chi connectivity index (χ2v) is 12.0. The lowest BCUT2D eigenvalue weighted by Crippen LogP contribution is -2.30. The average Bonchev–Trinajstić information content (AvgIpc) is 2.78. The predicted octanol–water partition coefficient (Wildman–Crippen LogP) is 5.21. The third-order valence-corrected chi connectivity index (χ3v) is 8.28. The van der Waals surface area contributed by atoms with E-state index in [2.05, 4.69) is 52.6 Å². The Morgan fingerprint density at radius 1 is 1.20 bits per heavy atom. The minimum atomic E-state index is -1.70. The normalized spacial score (nSPS) is 25.0. The van der Waals surface area contributed by atoms with Gasteiger partial charge in [-0.1, -0.05) is 38.1 Å². The first kappa shape index (κ1) is 20.2. The molecule has 1 heterocycles. The molecular formula is C21H34O3Si. The molecule has 140 valence electrons. The van der Waals surface area contributed by atoms with E-state index in [0.717, 1.165) is 18.8 Å². The Labute approximate surface area is 154 Å². The zero-order valence-corrected chi connectivity index (χ0v) is 17.7. The van der Waals surface area contributed by atoms with Gasteiger partial charge in [0.25, 0.3) is 0 Å². The van der Waals surface area contributed by atoms with Crippen molar-refractivity contribution in [2.24, 2.45) is 17.8 Å². The molecule has 0 amide bonds. The zero-order chi connectivity index (χ0) is 18.6. The first-order valence-electron chi connectivity index (χ1n) is 9.32.